The summed E-state index contributed by atoms with van der Waals surface area (Å²) in [4.78, 5) is 4.17. The minimum absolute atomic E-state index is 0.401. The highest BCUT2D eigenvalue weighted by Gasteiger charge is 2.07. The van der Waals surface area contributed by atoms with Gasteiger partial charge in [-0.1, -0.05) is 12.1 Å². The van der Waals surface area contributed by atoms with E-state index in [1.165, 1.54) is 0 Å². The third-order valence-electron chi connectivity index (χ3n) is 2.53. The number of aliphatic hydroxyl groups excluding tert-OH is 1. The van der Waals surface area contributed by atoms with E-state index in [0.717, 1.165) is 15.9 Å². The van der Waals surface area contributed by atoms with Gasteiger partial charge in [-0.3, -0.25) is 0 Å². The van der Waals surface area contributed by atoms with Crippen LogP contribution in [0.2, 0.25) is 0 Å². The average molecular weight is 308 g/mol. The molecule has 0 fully saturated rings. The first-order valence-corrected chi connectivity index (χ1v) is 6.33. The number of nitrogen functional groups attached to an aromatic ring is 1. The Hall–Kier alpha value is -1.59. The van der Waals surface area contributed by atoms with Gasteiger partial charge in [0.1, 0.15) is 5.82 Å². The molecule has 0 radical (unpaired) electrons. The molecule has 0 bridgehead atoms. The third-order valence-corrected chi connectivity index (χ3v) is 2.99. The molecule has 1 atom stereocenters. The summed E-state index contributed by atoms with van der Waals surface area (Å²) < 4.78 is 0.923. The zero-order chi connectivity index (χ0) is 13.0. The van der Waals surface area contributed by atoms with E-state index >= 15 is 0 Å². The van der Waals surface area contributed by atoms with Crippen molar-refractivity contribution >= 4 is 27.4 Å². The van der Waals surface area contributed by atoms with Crippen LogP contribution in [0, 0.1) is 0 Å². The number of aromatic nitrogens is 1. The minimum Gasteiger partial charge on any atom is -0.399 e. The van der Waals surface area contributed by atoms with Gasteiger partial charge in [0.25, 0.3) is 0 Å². The molecule has 2 rings (SSSR count). The molecule has 0 saturated heterocycles. The highest BCUT2D eigenvalue weighted by molar-refractivity contribution is 9.10. The van der Waals surface area contributed by atoms with E-state index in [4.69, 9.17) is 5.73 Å². The zero-order valence-corrected chi connectivity index (χ0v) is 11.3. The van der Waals surface area contributed by atoms with Gasteiger partial charge in [0.05, 0.1) is 6.10 Å². The molecule has 1 aromatic heterocycles. The number of anilines is 2. The first kappa shape index (κ1) is 12.9. The Morgan fingerprint density at radius 2 is 1.94 bits per heavy atom. The van der Waals surface area contributed by atoms with Crippen LogP contribution in [0.4, 0.5) is 11.5 Å². The van der Waals surface area contributed by atoms with Gasteiger partial charge in [-0.15, -0.1) is 0 Å². The SMILES string of the molecule is Nc1ccc(C(O)CNc2ccc(Br)cn2)cc1. The highest BCUT2D eigenvalue weighted by Crippen LogP contribution is 2.16. The van der Waals surface area contributed by atoms with E-state index in [-0.39, 0.29) is 0 Å². The Morgan fingerprint density at radius 3 is 2.56 bits per heavy atom. The summed E-state index contributed by atoms with van der Waals surface area (Å²) in [5.41, 5.74) is 7.11. The largest absolute Gasteiger partial charge is 0.399 e. The average Bonchev–Trinajstić information content (AvgIpc) is 2.38. The second kappa shape index (κ2) is 5.84. The first-order chi connectivity index (χ1) is 8.65. The summed E-state index contributed by atoms with van der Waals surface area (Å²) in [5.74, 6) is 0.729. The Bertz CT molecular complexity index is 499. The van der Waals surface area contributed by atoms with Crippen LogP contribution in [0.15, 0.2) is 47.1 Å². The van der Waals surface area contributed by atoms with Crippen molar-refractivity contribution in [2.45, 2.75) is 6.10 Å². The molecule has 94 valence electrons. The molecule has 0 saturated carbocycles. The fourth-order valence-corrected chi connectivity index (χ4v) is 1.75. The first-order valence-electron chi connectivity index (χ1n) is 5.54. The number of nitrogens with zero attached hydrogens (tertiary/aromatic N) is 1. The maximum Gasteiger partial charge on any atom is 0.126 e. The molecular weight excluding hydrogens is 294 g/mol. The summed E-state index contributed by atoms with van der Waals surface area (Å²) >= 11 is 3.32. The Morgan fingerprint density at radius 1 is 1.22 bits per heavy atom. The number of benzene rings is 1. The lowest BCUT2D eigenvalue weighted by molar-refractivity contribution is 0.191. The molecule has 5 heteroatoms. The van der Waals surface area contributed by atoms with Crippen LogP contribution in [-0.4, -0.2) is 16.6 Å². The number of nitrogens with one attached hydrogen (secondary N) is 1. The number of halogens is 1. The molecule has 0 aliphatic heterocycles. The zero-order valence-electron chi connectivity index (χ0n) is 9.68. The Labute approximate surface area is 114 Å². The molecule has 1 unspecified atom stereocenters. The second-order valence-corrected chi connectivity index (χ2v) is 4.84. The van der Waals surface area contributed by atoms with E-state index in [0.29, 0.717) is 12.2 Å². The molecule has 0 aliphatic carbocycles. The van der Waals surface area contributed by atoms with Crippen molar-refractivity contribution in [1.29, 1.82) is 0 Å². The second-order valence-electron chi connectivity index (χ2n) is 3.93. The van der Waals surface area contributed by atoms with Crippen LogP contribution in [0.1, 0.15) is 11.7 Å². The number of rotatable bonds is 4. The van der Waals surface area contributed by atoms with Crippen molar-refractivity contribution in [3.05, 3.63) is 52.6 Å². The van der Waals surface area contributed by atoms with Crippen molar-refractivity contribution in [1.82, 2.24) is 4.98 Å². The Kier molecular flexibility index (Phi) is 4.17. The minimum atomic E-state index is -0.587. The van der Waals surface area contributed by atoms with Crippen LogP contribution in [0.3, 0.4) is 0 Å². The predicted octanol–water partition coefficient (Wildman–Crippen LogP) is 2.57. The predicted molar refractivity (Wildman–Crippen MR) is 76.2 cm³/mol. The van der Waals surface area contributed by atoms with Gasteiger partial charge in [-0.25, -0.2) is 4.98 Å². The normalized spacial score (nSPS) is 12.1. The number of nitrogens with two attached hydrogens (primary N) is 1. The summed E-state index contributed by atoms with van der Waals surface area (Å²) in [6, 6.07) is 10.9. The van der Waals surface area contributed by atoms with Crippen molar-refractivity contribution in [2.75, 3.05) is 17.6 Å². The van der Waals surface area contributed by atoms with Gasteiger partial charge in [-0.2, -0.15) is 0 Å². The summed E-state index contributed by atoms with van der Waals surface area (Å²) in [6.07, 6.45) is 1.12. The lowest BCUT2D eigenvalue weighted by Crippen LogP contribution is -2.12. The van der Waals surface area contributed by atoms with Gasteiger partial charge < -0.3 is 16.2 Å². The van der Waals surface area contributed by atoms with Crippen LogP contribution in [0.5, 0.6) is 0 Å². The van der Waals surface area contributed by atoms with E-state index in [2.05, 4.69) is 26.2 Å². The van der Waals surface area contributed by atoms with Gasteiger partial charge in [0, 0.05) is 22.9 Å². The van der Waals surface area contributed by atoms with Gasteiger partial charge >= 0.3 is 0 Å². The lowest BCUT2D eigenvalue weighted by Gasteiger charge is -2.12. The number of hydrogen-bond acceptors (Lipinski definition) is 4. The molecule has 1 aromatic carbocycles. The van der Waals surface area contributed by atoms with Crippen molar-refractivity contribution in [3.8, 4) is 0 Å². The molecule has 4 N–H and O–H groups in total. The molecule has 0 amide bonds. The molecule has 4 nitrogen and oxygen atoms in total. The van der Waals surface area contributed by atoms with Crippen LogP contribution in [-0.2, 0) is 0 Å². The number of aliphatic hydroxyl groups is 1. The molecule has 2 aromatic rings. The summed E-state index contributed by atoms with van der Waals surface area (Å²) in [6.45, 7) is 0.401. The van der Waals surface area contributed by atoms with E-state index in [1.807, 2.05) is 24.3 Å². The van der Waals surface area contributed by atoms with E-state index < -0.39 is 6.10 Å². The highest BCUT2D eigenvalue weighted by atomic mass is 79.9. The molecule has 0 spiro atoms. The maximum atomic E-state index is 9.99. The summed E-state index contributed by atoms with van der Waals surface area (Å²) in [5, 5.41) is 13.1. The van der Waals surface area contributed by atoms with Crippen molar-refractivity contribution < 1.29 is 5.11 Å². The van der Waals surface area contributed by atoms with Crippen LogP contribution >= 0.6 is 15.9 Å². The lowest BCUT2D eigenvalue weighted by atomic mass is 10.1. The standard InChI is InChI=1S/C13H14BrN3O/c14-10-3-6-13(16-7-10)17-8-12(18)9-1-4-11(15)5-2-9/h1-7,12,18H,8,15H2,(H,16,17). The van der Waals surface area contributed by atoms with Gasteiger partial charge in [0.15, 0.2) is 0 Å². The van der Waals surface area contributed by atoms with Crippen molar-refractivity contribution in [3.63, 3.8) is 0 Å². The quantitative estimate of drug-likeness (QED) is 0.759. The maximum absolute atomic E-state index is 9.99. The monoisotopic (exact) mass is 307 g/mol. The molecular formula is C13H14BrN3O. The molecule has 1 heterocycles. The number of pyridine rings is 1. The molecule has 0 aliphatic rings. The van der Waals surface area contributed by atoms with Crippen molar-refractivity contribution in [2.24, 2.45) is 0 Å². The fraction of sp³-hybridized carbons (Fsp3) is 0.154. The fourth-order valence-electron chi connectivity index (χ4n) is 1.52. The molecule has 18 heavy (non-hydrogen) atoms. The van der Waals surface area contributed by atoms with E-state index in [9.17, 15) is 5.11 Å². The van der Waals surface area contributed by atoms with E-state index in [1.54, 1.807) is 18.3 Å². The smallest absolute Gasteiger partial charge is 0.126 e. The van der Waals surface area contributed by atoms with Gasteiger partial charge in [0.2, 0.25) is 0 Å². The summed E-state index contributed by atoms with van der Waals surface area (Å²) in [7, 11) is 0. The topological polar surface area (TPSA) is 71.2 Å². The third kappa shape index (κ3) is 3.45. The van der Waals surface area contributed by atoms with Crippen LogP contribution < -0.4 is 11.1 Å². The van der Waals surface area contributed by atoms with Gasteiger partial charge in [-0.05, 0) is 45.8 Å². The number of hydrogen-bond donors (Lipinski definition) is 3. The Balaban J connectivity index is 1.93. The van der Waals surface area contributed by atoms with Crippen LogP contribution in [0.25, 0.3) is 0 Å².